The van der Waals surface area contributed by atoms with Crippen LogP contribution in [0.2, 0.25) is 0 Å². The van der Waals surface area contributed by atoms with E-state index in [1.165, 1.54) is 11.3 Å². The molecular weight excluding hydrogens is 352 g/mol. The van der Waals surface area contributed by atoms with Gasteiger partial charge in [-0.2, -0.15) is 5.10 Å². The van der Waals surface area contributed by atoms with Crippen molar-refractivity contribution in [2.75, 3.05) is 32.7 Å². The van der Waals surface area contributed by atoms with E-state index in [1.54, 1.807) is 6.20 Å². The zero-order valence-electron chi connectivity index (χ0n) is 16.9. The summed E-state index contributed by atoms with van der Waals surface area (Å²) in [5.74, 6) is 0. The molecule has 1 aliphatic carbocycles. The molecule has 1 aliphatic heterocycles. The number of nitrogens with zero attached hydrogens (tertiary/aromatic N) is 5. The van der Waals surface area contributed by atoms with E-state index < -0.39 is 0 Å². The Morgan fingerprint density at radius 3 is 2.61 bits per heavy atom. The van der Waals surface area contributed by atoms with Gasteiger partial charge in [0.05, 0.1) is 5.69 Å². The zero-order chi connectivity index (χ0) is 19.6. The zero-order valence-corrected chi connectivity index (χ0v) is 16.9. The van der Waals surface area contributed by atoms with E-state index in [-0.39, 0.29) is 11.4 Å². The van der Waals surface area contributed by atoms with Gasteiger partial charge in [-0.05, 0) is 44.4 Å². The van der Waals surface area contributed by atoms with Crippen LogP contribution >= 0.6 is 0 Å². The molecule has 0 atom stereocenters. The molecule has 1 saturated heterocycles. The minimum Gasteiger partial charge on any atom is -0.337 e. The van der Waals surface area contributed by atoms with Gasteiger partial charge in [0.15, 0.2) is 0 Å². The van der Waals surface area contributed by atoms with Gasteiger partial charge >= 0.3 is 6.03 Å². The number of carbonyl (C=O) groups excluding carboxylic acids is 1. The van der Waals surface area contributed by atoms with Crippen LogP contribution in [0.4, 0.5) is 4.79 Å². The molecule has 2 amide bonds. The van der Waals surface area contributed by atoms with Crippen LogP contribution in [-0.2, 0) is 13.1 Å². The Balaban J connectivity index is 1.22. The van der Waals surface area contributed by atoms with Crippen molar-refractivity contribution in [3.63, 3.8) is 0 Å². The van der Waals surface area contributed by atoms with Crippen molar-refractivity contribution in [3.05, 3.63) is 47.5 Å². The number of nitrogens with one attached hydrogen (secondary N) is 1. The highest BCUT2D eigenvalue weighted by molar-refractivity contribution is 5.74. The minimum atomic E-state index is 0.0701. The Labute approximate surface area is 166 Å². The third kappa shape index (κ3) is 4.52. The molecule has 2 aliphatic rings. The third-order valence-corrected chi connectivity index (χ3v) is 5.95. The number of urea groups is 1. The van der Waals surface area contributed by atoms with E-state index in [4.69, 9.17) is 0 Å². The molecule has 0 bridgehead atoms. The van der Waals surface area contributed by atoms with Crippen LogP contribution in [0.25, 0.3) is 0 Å². The molecule has 3 heterocycles. The van der Waals surface area contributed by atoms with Gasteiger partial charge < -0.3 is 10.2 Å². The Bertz CT molecular complexity index is 806. The first-order valence-corrected chi connectivity index (χ1v) is 10.2. The smallest absolute Gasteiger partial charge is 0.317 e. The molecular formula is C21H30N6O. The fraction of sp³-hybridized carbons (Fsp3) is 0.571. The van der Waals surface area contributed by atoms with Gasteiger partial charge in [0.1, 0.15) is 0 Å². The van der Waals surface area contributed by atoms with Gasteiger partial charge in [-0.25, -0.2) is 4.79 Å². The maximum Gasteiger partial charge on any atom is 0.317 e. The maximum atomic E-state index is 12.6. The van der Waals surface area contributed by atoms with E-state index in [0.29, 0.717) is 0 Å². The minimum absolute atomic E-state index is 0.0701. The van der Waals surface area contributed by atoms with Crippen LogP contribution in [0.3, 0.4) is 0 Å². The van der Waals surface area contributed by atoms with Gasteiger partial charge in [0.2, 0.25) is 0 Å². The molecule has 0 unspecified atom stereocenters. The summed E-state index contributed by atoms with van der Waals surface area (Å²) < 4.78 is 2.09. The van der Waals surface area contributed by atoms with Crippen molar-refractivity contribution in [1.29, 1.82) is 0 Å². The topological polar surface area (TPSA) is 66.3 Å². The number of hydrogen-bond donors (Lipinski definition) is 1. The van der Waals surface area contributed by atoms with Crippen LogP contribution < -0.4 is 5.32 Å². The third-order valence-electron chi connectivity index (χ3n) is 5.95. The number of piperazine rings is 1. The number of amides is 2. The number of pyridine rings is 1. The van der Waals surface area contributed by atoms with Crippen LogP contribution in [0.5, 0.6) is 0 Å². The fourth-order valence-electron chi connectivity index (χ4n) is 3.95. The molecule has 2 fully saturated rings. The summed E-state index contributed by atoms with van der Waals surface area (Å²) in [6.45, 7) is 10.0. The largest absolute Gasteiger partial charge is 0.337 e. The highest BCUT2D eigenvalue weighted by Crippen LogP contribution is 2.46. The summed E-state index contributed by atoms with van der Waals surface area (Å²) in [5, 5.41) is 7.76. The molecule has 1 N–H and O–H groups in total. The lowest BCUT2D eigenvalue weighted by Crippen LogP contribution is -2.52. The summed E-state index contributed by atoms with van der Waals surface area (Å²) in [6.07, 6.45) is 6.03. The first-order chi connectivity index (χ1) is 13.5. The van der Waals surface area contributed by atoms with E-state index >= 15 is 0 Å². The number of aromatic nitrogens is 3. The number of rotatable bonds is 6. The van der Waals surface area contributed by atoms with Crippen molar-refractivity contribution < 1.29 is 4.79 Å². The van der Waals surface area contributed by atoms with E-state index in [2.05, 4.69) is 44.0 Å². The molecule has 7 nitrogen and oxygen atoms in total. The summed E-state index contributed by atoms with van der Waals surface area (Å²) in [5.41, 5.74) is 3.66. The molecule has 28 heavy (non-hydrogen) atoms. The standard InChI is InChI=1S/C21H30N6O/c1-17-12-18(2)27(24-17)16-21(5-6-21)15-23-20(28)26-10-8-25(9-11-26)14-19-4-3-7-22-13-19/h3-4,7,12-13H,5-6,8-11,14-16H2,1-2H3,(H,23,28). The molecule has 150 valence electrons. The lowest BCUT2D eigenvalue weighted by atomic mass is 10.1. The molecule has 7 heteroatoms. The summed E-state index contributed by atoms with van der Waals surface area (Å²) >= 11 is 0. The monoisotopic (exact) mass is 382 g/mol. The quantitative estimate of drug-likeness (QED) is 0.832. The van der Waals surface area contributed by atoms with Crippen LogP contribution in [0, 0.1) is 19.3 Å². The van der Waals surface area contributed by atoms with Gasteiger partial charge in [-0.1, -0.05) is 6.07 Å². The van der Waals surface area contributed by atoms with E-state index in [1.807, 2.05) is 24.1 Å². The lowest BCUT2D eigenvalue weighted by Gasteiger charge is -2.35. The molecule has 4 rings (SSSR count). The molecule has 2 aromatic heterocycles. The molecule has 0 spiro atoms. The van der Waals surface area contributed by atoms with Crippen molar-refractivity contribution >= 4 is 6.03 Å². The van der Waals surface area contributed by atoms with Gasteiger partial charge in [-0.3, -0.25) is 14.6 Å². The normalized spacial score (nSPS) is 18.9. The number of hydrogen-bond acceptors (Lipinski definition) is 4. The second-order valence-electron chi connectivity index (χ2n) is 8.37. The first kappa shape index (κ1) is 18.9. The molecule has 1 saturated carbocycles. The van der Waals surface area contributed by atoms with Crippen molar-refractivity contribution in [1.82, 2.24) is 29.9 Å². The maximum absolute atomic E-state index is 12.6. The van der Waals surface area contributed by atoms with Gasteiger partial charge in [0, 0.05) is 69.3 Å². The van der Waals surface area contributed by atoms with Crippen molar-refractivity contribution in [3.8, 4) is 0 Å². The van der Waals surface area contributed by atoms with Crippen LogP contribution in [0.15, 0.2) is 30.6 Å². The average Bonchev–Trinajstić information content (AvgIpc) is 3.39. The number of aryl methyl sites for hydroxylation is 2. The van der Waals surface area contributed by atoms with E-state index in [0.717, 1.165) is 64.3 Å². The Morgan fingerprint density at radius 1 is 1.21 bits per heavy atom. The average molecular weight is 383 g/mol. The predicted octanol–water partition coefficient (Wildman–Crippen LogP) is 2.20. The first-order valence-electron chi connectivity index (χ1n) is 10.2. The number of carbonyl (C=O) groups is 1. The van der Waals surface area contributed by atoms with Crippen LogP contribution in [0.1, 0.15) is 29.8 Å². The SMILES string of the molecule is Cc1cc(C)n(CC2(CNC(=O)N3CCN(Cc4cccnc4)CC3)CC2)n1. The van der Waals surface area contributed by atoms with Crippen molar-refractivity contribution in [2.45, 2.75) is 39.8 Å². The molecule has 2 aromatic rings. The van der Waals surface area contributed by atoms with Gasteiger partial charge in [0.25, 0.3) is 0 Å². The molecule has 0 aromatic carbocycles. The second kappa shape index (κ2) is 7.91. The highest BCUT2D eigenvalue weighted by atomic mass is 16.2. The van der Waals surface area contributed by atoms with Crippen molar-refractivity contribution in [2.24, 2.45) is 5.41 Å². The Morgan fingerprint density at radius 2 is 2.00 bits per heavy atom. The van der Waals surface area contributed by atoms with Crippen LogP contribution in [-0.4, -0.2) is 63.3 Å². The highest BCUT2D eigenvalue weighted by Gasteiger charge is 2.44. The predicted molar refractivity (Wildman–Crippen MR) is 108 cm³/mol. The Kier molecular flexibility index (Phi) is 5.35. The fourth-order valence-corrected chi connectivity index (χ4v) is 3.95. The van der Waals surface area contributed by atoms with Gasteiger partial charge in [-0.15, -0.1) is 0 Å². The molecule has 0 radical (unpaired) electrons. The lowest BCUT2D eigenvalue weighted by molar-refractivity contribution is 0.133. The Hall–Kier alpha value is -2.41. The van der Waals surface area contributed by atoms with E-state index in [9.17, 15) is 4.79 Å². The summed E-state index contributed by atoms with van der Waals surface area (Å²) in [6, 6.07) is 6.25. The summed E-state index contributed by atoms with van der Waals surface area (Å²) in [4.78, 5) is 21.1. The summed E-state index contributed by atoms with van der Waals surface area (Å²) in [7, 11) is 0. The second-order valence-corrected chi connectivity index (χ2v) is 8.37.